The van der Waals surface area contributed by atoms with Gasteiger partial charge in [-0.15, -0.1) is 5.12 Å². The second kappa shape index (κ2) is 2.19. The van der Waals surface area contributed by atoms with Crippen molar-refractivity contribution in [1.29, 1.82) is 0 Å². The molecule has 0 amide bonds. The lowest BCUT2D eigenvalue weighted by molar-refractivity contribution is -0.476. The molecule has 8 heavy (non-hydrogen) atoms. The SMILES string of the molecule is NC(N(N)N)=[N+](N)[O-]. The molecule has 0 bridgehead atoms. The van der Waals surface area contributed by atoms with Crippen LogP contribution in [-0.4, -0.2) is 15.9 Å². The van der Waals surface area contributed by atoms with Crippen LogP contribution in [0.4, 0.5) is 0 Å². The Morgan fingerprint density at radius 3 is 1.88 bits per heavy atom. The summed E-state index contributed by atoms with van der Waals surface area (Å²) in [5.74, 6) is 13.6. The van der Waals surface area contributed by atoms with E-state index in [0.717, 1.165) is 0 Å². The van der Waals surface area contributed by atoms with E-state index < -0.39 is 5.96 Å². The largest absolute Gasteiger partial charge is 0.724 e. The Morgan fingerprint density at radius 1 is 1.50 bits per heavy atom. The normalized spacial score (nSPS) is 12.8. The Kier molecular flexibility index (Phi) is 1.86. The first kappa shape index (κ1) is 6.79. The quantitative estimate of drug-likeness (QED) is 0.0661. The summed E-state index contributed by atoms with van der Waals surface area (Å²) in [5, 5.41) is 10.3. The molecule has 7 nitrogen and oxygen atoms in total. The first-order chi connectivity index (χ1) is 3.55. The highest BCUT2D eigenvalue weighted by Crippen LogP contribution is 1.58. The van der Waals surface area contributed by atoms with Gasteiger partial charge in [0.15, 0.2) is 0 Å². The first-order valence-corrected chi connectivity index (χ1v) is 1.69. The molecule has 0 unspecified atom stereocenters. The summed E-state index contributed by atoms with van der Waals surface area (Å²) in [6.45, 7) is 0. The zero-order valence-corrected chi connectivity index (χ0v) is 4.11. The van der Waals surface area contributed by atoms with Gasteiger partial charge in [0.25, 0.3) is 0 Å². The fraction of sp³-hybridized carbons (Fsp3) is 0. The molecular formula is CH8N6O. The highest BCUT2D eigenvalue weighted by Gasteiger charge is 2.02. The van der Waals surface area contributed by atoms with Crippen LogP contribution in [0.1, 0.15) is 0 Å². The number of hydrogen-bond acceptors (Lipinski definition) is 4. The lowest BCUT2D eigenvalue weighted by Crippen LogP contribution is -2.52. The fourth-order valence-electron chi connectivity index (χ4n) is 0.114. The Morgan fingerprint density at radius 2 is 1.88 bits per heavy atom. The van der Waals surface area contributed by atoms with Gasteiger partial charge in [-0.1, -0.05) is 0 Å². The van der Waals surface area contributed by atoms with Crippen molar-refractivity contribution in [1.82, 2.24) is 5.12 Å². The van der Waals surface area contributed by atoms with Gasteiger partial charge in [-0.3, -0.25) is 11.6 Å². The van der Waals surface area contributed by atoms with Gasteiger partial charge < -0.3 is 5.21 Å². The van der Waals surface area contributed by atoms with Crippen LogP contribution in [0.15, 0.2) is 0 Å². The fourth-order valence-corrected chi connectivity index (χ4v) is 0.114. The maximum atomic E-state index is 9.92. The van der Waals surface area contributed by atoms with Crippen LogP contribution < -0.4 is 23.3 Å². The third-order valence-electron chi connectivity index (χ3n) is 0.490. The highest BCUT2D eigenvalue weighted by atomic mass is 16.5. The molecular weight excluding hydrogens is 112 g/mol. The molecule has 0 aromatic carbocycles. The van der Waals surface area contributed by atoms with Crippen LogP contribution in [-0.2, 0) is 0 Å². The molecule has 0 aliphatic heterocycles. The topological polar surface area (TPSA) is 133 Å². The maximum Gasteiger partial charge on any atom is 0.403 e. The molecule has 0 aliphatic carbocycles. The second-order valence-electron chi connectivity index (χ2n) is 1.09. The van der Waals surface area contributed by atoms with Gasteiger partial charge in [0.2, 0.25) is 0 Å². The van der Waals surface area contributed by atoms with Crippen molar-refractivity contribution in [3.8, 4) is 0 Å². The minimum atomic E-state index is -0.454. The first-order valence-electron chi connectivity index (χ1n) is 1.69. The van der Waals surface area contributed by atoms with Crippen LogP contribution in [0.25, 0.3) is 0 Å². The van der Waals surface area contributed by atoms with E-state index in [-0.39, 0.29) is 4.85 Å². The summed E-state index contributed by atoms with van der Waals surface area (Å²) in [4.78, 5) is -0.139. The number of nitrogens with zero attached hydrogens (tertiary/aromatic N) is 2. The van der Waals surface area contributed by atoms with Crippen LogP contribution in [0.5, 0.6) is 0 Å². The van der Waals surface area contributed by atoms with Crippen molar-refractivity contribution in [2.45, 2.75) is 0 Å². The number of rotatable bonds is 0. The third-order valence-corrected chi connectivity index (χ3v) is 0.490. The highest BCUT2D eigenvalue weighted by molar-refractivity contribution is 5.71. The van der Waals surface area contributed by atoms with E-state index in [1.807, 2.05) is 0 Å². The predicted octanol–water partition coefficient (Wildman–Crippen LogP) is -3.27. The smallest absolute Gasteiger partial charge is 0.403 e. The third kappa shape index (κ3) is 1.49. The van der Waals surface area contributed by atoms with Crippen LogP contribution in [0.3, 0.4) is 0 Å². The summed E-state index contributed by atoms with van der Waals surface area (Å²) in [7, 11) is 0. The zero-order chi connectivity index (χ0) is 6.73. The molecule has 48 valence electrons. The Hall–Kier alpha value is -1.21. The van der Waals surface area contributed by atoms with E-state index in [1.165, 1.54) is 0 Å². The lowest BCUT2D eigenvalue weighted by atomic mass is 11.0. The summed E-state index contributed by atoms with van der Waals surface area (Å²) in [6, 6.07) is 0. The summed E-state index contributed by atoms with van der Waals surface area (Å²) >= 11 is 0. The Bertz CT molecular complexity index is 101. The molecule has 0 saturated heterocycles. The monoisotopic (exact) mass is 120 g/mol. The summed E-state index contributed by atoms with van der Waals surface area (Å²) in [5.41, 5.74) is 4.84. The molecule has 8 N–H and O–H groups in total. The van der Waals surface area contributed by atoms with E-state index in [2.05, 4.69) is 5.84 Å². The summed E-state index contributed by atoms with van der Waals surface area (Å²) in [6.07, 6.45) is 0. The van der Waals surface area contributed by atoms with Gasteiger partial charge in [0.1, 0.15) is 0 Å². The molecule has 0 fully saturated rings. The maximum absolute atomic E-state index is 9.92. The minimum absolute atomic E-state index is 0.139. The number of hydrogen-bond donors (Lipinski definition) is 4. The summed E-state index contributed by atoms with van der Waals surface area (Å²) < 4.78 is 0. The van der Waals surface area contributed by atoms with Gasteiger partial charge in [0.05, 0.1) is 0 Å². The molecule has 0 aromatic rings. The van der Waals surface area contributed by atoms with E-state index >= 15 is 0 Å². The molecule has 0 heterocycles. The molecule has 0 atom stereocenters. The van der Waals surface area contributed by atoms with Crippen molar-refractivity contribution in [2.24, 2.45) is 23.3 Å². The van der Waals surface area contributed by atoms with Crippen molar-refractivity contribution >= 4 is 5.96 Å². The Balaban J connectivity index is 4.00. The molecule has 7 heteroatoms. The molecule has 0 spiro atoms. The van der Waals surface area contributed by atoms with Crippen molar-refractivity contribution < 1.29 is 4.85 Å². The standard InChI is InChI=1S/CH8N6O/c2-1(6(3)4)7(5)8/h2-5H2. The van der Waals surface area contributed by atoms with Gasteiger partial charge in [0, 0.05) is 0 Å². The van der Waals surface area contributed by atoms with Gasteiger partial charge in [-0.05, 0) is 0 Å². The zero-order valence-electron chi connectivity index (χ0n) is 4.11. The van der Waals surface area contributed by atoms with Gasteiger partial charge in [-0.2, -0.15) is 16.5 Å². The Labute approximate surface area is 45.6 Å². The number of hydrazone groups is 1. The minimum Gasteiger partial charge on any atom is -0.724 e. The van der Waals surface area contributed by atoms with Crippen LogP contribution >= 0.6 is 0 Å². The van der Waals surface area contributed by atoms with E-state index in [9.17, 15) is 5.21 Å². The van der Waals surface area contributed by atoms with Gasteiger partial charge >= 0.3 is 5.96 Å². The lowest BCUT2D eigenvalue weighted by Gasteiger charge is -2.08. The number of guanidine groups is 1. The molecule has 0 radical (unpaired) electrons. The van der Waals surface area contributed by atoms with E-state index in [1.54, 1.807) is 0 Å². The predicted molar refractivity (Wildman–Crippen MR) is 27.2 cm³/mol. The van der Waals surface area contributed by atoms with Crippen molar-refractivity contribution in [3.05, 3.63) is 5.21 Å². The number of nitrogens with two attached hydrogens (primary N) is 4. The van der Waals surface area contributed by atoms with E-state index in [4.69, 9.17) is 17.4 Å². The van der Waals surface area contributed by atoms with Crippen molar-refractivity contribution in [2.75, 3.05) is 0 Å². The number of hydrazine groups is 3. The molecule has 0 aliphatic rings. The van der Waals surface area contributed by atoms with E-state index in [0.29, 0.717) is 5.12 Å². The molecule has 0 saturated carbocycles. The van der Waals surface area contributed by atoms with Crippen molar-refractivity contribution in [3.63, 3.8) is 0 Å². The van der Waals surface area contributed by atoms with Crippen LogP contribution in [0.2, 0.25) is 0 Å². The molecule has 0 rings (SSSR count). The average molecular weight is 120 g/mol. The second-order valence-corrected chi connectivity index (χ2v) is 1.09. The molecule has 0 aromatic heterocycles. The van der Waals surface area contributed by atoms with Gasteiger partial charge in [-0.25, -0.2) is 0 Å². The average Bonchev–Trinajstić information content (AvgIpc) is 1.64. The van der Waals surface area contributed by atoms with Crippen LogP contribution in [0, 0.1) is 5.21 Å².